The van der Waals surface area contributed by atoms with Crippen LogP contribution in [0.15, 0.2) is 60.7 Å². The topological polar surface area (TPSA) is 105 Å². The lowest BCUT2D eigenvalue weighted by Gasteiger charge is -2.30. The van der Waals surface area contributed by atoms with Crippen molar-refractivity contribution in [3.05, 3.63) is 71.8 Å². The van der Waals surface area contributed by atoms with Crippen LogP contribution in [0.2, 0.25) is 0 Å². The minimum absolute atomic E-state index is 0.0226. The summed E-state index contributed by atoms with van der Waals surface area (Å²) in [5.41, 5.74) is 4.65. The van der Waals surface area contributed by atoms with Crippen molar-refractivity contribution in [3.8, 4) is 11.1 Å². The summed E-state index contributed by atoms with van der Waals surface area (Å²) in [4.78, 5) is 35.9. The van der Waals surface area contributed by atoms with E-state index < -0.39 is 12.1 Å². The molecule has 0 aliphatic heterocycles. The van der Waals surface area contributed by atoms with E-state index in [9.17, 15) is 14.4 Å². The molecule has 1 unspecified atom stereocenters. The molecule has 0 spiro atoms. The Kier molecular flexibility index (Phi) is 8.19. The van der Waals surface area contributed by atoms with E-state index in [2.05, 4.69) is 34.9 Å². The summed E-state index contributed by atoms with van der Waals surface area (Å²) in [6.07, 6.45) is 7.24. The number of hydrogen-bond donors (Lipinski definition) is 3. The Morgan fingerprint density at radius 1 is 0.971 bits per heavy atom. The van der Waals surface area contributed by atoms with Crippen LogP contribution in [0, 0.1) is 5.92 Å². The normalized spacial score (nSPS) is 16.3. The number of carboxylic acids is 1. The second kappa shape index (κ2) is 11.7. The highest BCUT2D eigenvalue weighted by molar-refractivity contribution is 5.81. The van der Waals surface area contributed by atoms with Crippen molar-refractivity contribution in [3.63, 3.8) is 0 Å². The van der Waals surface area contributed by atoms with Crippen LogP contribution < -0.4 is 10.6 Å². The van der Waals surface area contributed by atoms with Gasteiger partial charge in [0.15, 0.2) is 0 Å². The highest BCUT2D eigenvalue weighted by Gasteiger charge is 2.31. The molecule has 2 aliphatic rings. The zero-order chi connectivity index (χ0) is 24.6. The maximum atomic E-state index is 12.9. The lowest BCUT2D eigenvalue weighted by Crippen LogP contribution is -2.44. The first-order chi connectivity index (χ1) is 17.0. The van der Waals surface area contributed by atoms with E-state index >= 15 is 0 Å². The number of carboxylic acid groups (broad SMARTS) is 1. The fraction of sp³-hybridized carbons (Fsp3) is 0.393. The summed E-state index contributed by atoms with van der Waals surface area (Å²) in [6.45, 7) is 0.358. The number of carbonyl (C=O) groups is 3. The van der Waals surface area contributed by atoms with Crippen LogP contribution in [0.5, 0.6) is 0 Å². The molecule has 0 saturated heterocycles. The van der Waals surface area contributed by atoms with Crippen molar-refractivity contribution < 1.29 is 24.2 Å². The van der Waals surface area contributed by atoms with Crippen molar-refractivity contribution in [2.45, 2.75) is 50.5 Å². The van der Waals surface area contributed by atoms with Gasteiger partial charge in [0.25, 0.3) is 0 Å². The van der Waals surface area contributed by atoms with Gasteiger partial charge in [-0.1, -0.05) is 73.9 Å². The second-order valence-electron chi connectivity index (χ2n) is 9.22. The van der Waals surface area contributed by atoms with Gasteiger partial charge in [0, 0.05) is 31.0 Å². The minimum Gasteiger partial charge on any atom is -0.478 e. The van der Waals surface area contributed by atoms with Crippen LogP contribution >= 0.6 is 0 Å². The number of carbonyl (C=O) groups excluding carboxylic acids is 2. The summed E-state index contributed by atoms with van der Waals surface area (Å²) in [7, 11) is 0. The SMILES string of the molecule is O=C(O)/C=C/CNC(=O)CC(NC(=O)OCC1c2ccccc2-c2ccccc21)C1CCCCC1. The van der Waals surface area contributed by atoms with Crippen molar-refractivity contribution in [2.75, 3.05) is 13.2 Å². The Bertz CT molecular complexity index is 1040. The number of aliphatic carboxylic acids is 1. The predicted molar refractivity (Wildman–Crippen MR) is 133 cm³/mol. The molecule has 0 aromatic heterocycles. The van der Waals surface area contributed by atoms with Crippen LogP contribution in [-0.2, 0) is 14.3 Å². The van der Waals surface area contributed by atoms with Crippen molar-refractivity contribution in [2.24, 2.45) is 5.92 Å². The summed E-state index contributed by atoms with van der Waals surface area (Å²) in [5, 5.41) is 14.3. The molecule has 1 fully saturated rings. The second-order valence-corrected chi connectivity index (χ2v) is 9.22. The van der Waals surface area contributed by atoms with Crippen molar-refractivity contribution in [1.29, 1.82) is 0 Å². The molecule has 4 rings (SSSR count). The van der Waals surface area contributed by atoms with E-state index in [-0.39, 0.29) is 43.4 Å². The Morgan fingerprint density at radius 3 is 2.23 bits per heavy atom. The van der Waals surface area contributed by atoms with E-state index in [1.165, 1.54) is 23.6 Å². The highest BCUT2D eigenvalue weighted by atomic mass is 16.5. The number of nitrogens with one attached hydrogen (secondary N) is 2. The predicted octanol–water partition coefficient (Wildman–Crippen LogP) is 4.62. The van der Waals surface area contributed by atoms with Gasteiger partial charge in [-0.15, -0.1) is 0 Å². The first-order valence-electron chi connectivity index (χ1n) is 12.3. The average Bonchev–Trinajstić information content (AvgIpc) is 3.19. The molecule has 2 amide bonds. The first-order valence-corrected chi connectivity index (χ1v) is 12.3. The van der Waals surface area contributed by atoms with Crippen molar-refractivity contribution in [1.82, 2.24) is 10.6 Å². The van der Waals surface area contributed by atoms with E-state index in [0.29, 0.717) is 0 Å². The number of alkyl carbamates (subject to hydrolysis) is 1. The molecule has 3 N–H and O–H groups in total. The number of fused-ring (bicyclic) bond motifs is 3. The van der Waals surface area contributed by atoms with Gasteiger partial charge in [-0.3, -0.25) is 4.79 Å². The zero-order valence-electron chi connectivity index (χ0n) is 19.7. The Morgan fingerprint density at radius 2 is 1.60 bits per heavy atom. The lowest BCUT2D eigenvalue weighted by atomic mass is 9.82. The van der Waals surface area contributed by atoms with Crippen LogP contribution in [0.4, 0.5) is 4.79 Å². The monoisotopic (exact) mass is 476 g/mol. The van der Waals surface area contributed by atoms with E-state index in [1.54, 1.807) is 0 Å². The molecule has 0 bridgehead atoms. The molecule has 2 aliphatic carbocycles. The summed E-state index contributed by atoms with van der Waals surface area (Å²) < 4.78 is 5.71. The Labute approximate surface area is 205 Å². The maximum Gasteiger partial charge on any atom is 0.407 e. The van der Waals surface area contributed by atoms with Crippen LogP contribution in [0.3, 0.4) is 0 Å². The fourth-order valence-electron chi connectivity index (χ4n) is 5.27. The molecule has 0 heterocycles. The van der Waals surface area contributed by atoms with E-state index in [1.807, 2.05) is 24.3 Å². The van der Waals surface area contributed by atoms with Crippen molar-refractivity contribution >= 4 is 18.0 Å². The van der Waals surface area contributed by atoms with Crippen LogP contribution in [-0.4, -0.2) is 42.3 Å². The van der Waals surface area contributed by atoms with E-state index in [0.717, 1.165) is 42.9 Å². The van der Waals surface area contributed by atoms with Gasteiger partial charge in [0.05, 0.1) is 0 Å². The van der Waals surface area contributed by atoms with Gasteiger partial charge in [0.2, 0.25) is 5.91 Å². The van der Waals surface area contributed by atoms with Gasteiger partial charge < -0.3 is 20.5 Å². The fourth-order valence-corrected chi connectivity index (χ4v) is 5.27. The molecule has 0 radical (unpaired) electrons. The lowest BCUT2D eigenvalue weighted by molar-refractivity contribution is -0.131. The Hall–Kier alpha value is -3.61. The largest absolute Gasteiger partial charge is 0.478 e. The van der Waals surface area contributed by atoms with Gasteiger partial charge in [0.1, 0.15) is 6.61 Å². The number of amides is 2. The standard InChI is InChI=1S/C28H32N2O5/c31-26(29-16-8-15-27(32)33)17-25(19-9-2-1-3-10-19)30-28(34)35-18-24-22-13-6-4-11-20(22)21-12-5-7-14-23(21)24/h4-8,11-15,19,24-25H,1-3,9-10,16-18H2,(H,29,31)(H,30,34)(H,32,33)/b15-8+. The molecule has 1 saturated carbocycles. The minimum atomic E-state index is -1.06. The number of ether oxygens (including phenoxy) is 1. The van der Waals surface area contributed by atoms with E-state index in [4.69, 9.17) is 9.84 Å². The smallest absolute Gasteiger partial charge is 0.407 e. The van der Waals surface area contributed by atoms with Gasteiger partial charge >= 0.3 is 12.1 Å². The van der Waals surface area contributed by atoms with Crippen LogP contribution in [0.25, 0.3) is 11.1 Å². The van der Waals surface area contributed by atoms with Crippen LogP contribution in [0.1, 0.15) is 55.6 Å². The molecule has 1 atom stereocenters. The summed E-state index contributed by atoms with van der Waals surface area (Å²) in [5.74, 6) is -1.10. The Balaban J connectivity index is 1.37. The van der Waals surface area contributed by atoms with Gasteiger partial charge in [-0.2, -0.15) is 0 Å². The first kappa shape index (κ1) is 24.5. The molecular weight excluding hydrogens is 444 g/mol. The molecular formula is C28H32N2O5. The number of benzene rings is 2. The third-order valence-corrected chi connectivity index (χ3v) is 6.95. The maximum absolute atomic E-state index is 12.9. The molecule has 2 aromatic rings. The number of hydrogen-bond acceptors (Lipinski definition) is 4. The third-order valence-electron chi connectivity index (χ3n) is 6.95. The zero-order valence-corrected chi connectivity index (χ0v) is 19.7. The summed E-state index contributed by atoms with van der Waals surface area (Å²) in [6, 6.07) is 16.1. The highest BCUT2D eigenvalue weighted by Crippen LogP contribution is 2.44. The molecule has 184 valence electrons. The summed E-state index contributed by atoms with van der Waals surface area (Å²) >= 11 is 0. The molecule has 2 aromatic carbocycles. The van der Waals surface area contributed by atoms with Gasteiger partial charge in [-0.25, -0.2) is 9.59 Å². The quantitative estimate of drug-likeness (QED) is 0.458. The number of rotatable bonds is 9. The molecule has 35 heavy (non-hydrogen) atoms. The van der Waals surface area contributed by atoms with Gasteiger partial charge in [-0.05, 0) is 41.0 Å². The molecule has 7 heteroatoms. The molecule has 7 nitrogen and oxygen atoms in total. The third kappa shape index (κ3) is 6.29. The average molecular weight is 477 g/mol.